The van der Waals surface area contributed by atoms with Gasteiger partial charge >= 0.3 is 0 Å². The highest BCUT2D eigenvalue weighted by Crippen LogP contribution is 2.40. The first-order valence-corrected chi connectivity index (χ1v) is 11.8. The second-order valence-corrected chi connectivity index (χ2v) is 9.14. The molecular weight excluding hydrogens is 370 g/mol. The van der Waals surface area contributed by atoms with Gasteiger partial charge in [-0.25, -0.2) is 8.78 Å². The first-order valence-electron chi connectivity index (χ1n) is 11.8. The predicted molar refractivity (Wildman–Crippen MR) is 113 cm³/mol. The summed E-state index contributed by atoms with van der Waals surface area (Å²) in [6, 6.07) is 4.34. The minimum absolute atomic E-state index is 0.100. The van der Waals surface area contributed by atoms with E-state index in [2.05, 4.69) is 13.8 Å². The summed E-state index contributed by atoms with van der Waals surface area (Å²) in [6.07, 6.45) is 13.3. The van der Waals surface area contributed by atoms with Crippen molar-refractivity contribution < 1.29 is 18.3 Å². The summed E-state index contributed by atoms with van der Waals surface area (Å²) in [7, 11) is 0. The van der Waals surface area contributed by atoms with Crippen molar-refractivity contribution in [1.82, 2.24) is 0 Å². The monoisotopic (exact) mass is 408 g/mol. The number of ether oxygens (including phenoxy) is 2. The van der Waals surface area contributed by atoms with Crippen LogP contribution in [0.2, 0.25) is 0 Å². The largest absolute Gasteiger partial charge is 0.352 e. The fraction of sp³-hybridized carbons (Fsp3) is 0.760. The van der Waals surface area contributed by atoms with Crippen molar-refractivity contribution in [3.05, 3.63) is 35.4 Å². The smallest absolute Gasteiger partial charge is 0.160 e. The number of halogens is 2. The average Bonchev–Trinajstić information content (AvgIpc) is 2.73. The Morgan fingerprint density at radius 3 is 2.34 bits per heavy atom. The zero-order valence-electron chi connectivity index (χ0n) is 18.2. The molecule has 1 aromatic rings. The number of hydrogen-bond donors (Lipinski definition) is 0. The van der Waals surface area contributed by atoms with Crippen LogP contribution >= 0.6 is 0 Å². The van der Waals surface area contributed by atoms with Crippen LogP contribution in [0.15, 0.2) is 18.2 Å². The molecule has 1 aliphatic carbocycles. The van der Waals surface area contributed by atoms with Crippen LogP contribution < -0.4 is 0 Å². The molecule has 3 rings (SSSR count). The lowest BCUT2D eigenvalue weighted by Gasteiger charge is -2.40. The van der Waals surface area contributed by atoms with Crippen LogP contribution in [-0.4, -0.2) is 19.0 Å². The Morgan fingerprint density at radius 1 is 0.931 bits per heavy atom. The topological polar surface area (TPSA) is 18.5 Å². The zero-order valence-corrected chi connectivity index (χ0v) is 18.2. The molecule has 164 valence electrons. The van der Waals surface area contributed by atoms with Crippen LogP contribution in [0.4, 0.5) is 8.78 Å². The van der Waals surface area contributed by atoms with Gasteiger partial charge in [0.1, 0.15) is 0 Å². The average molecular weight is 409 g/mol. The molecule has 2 fully saturated rings. The summed E-state index contributed by atoms with van der Waals surface area (Å²) in [6.45, 7) is 5.26. The fourth-order valence-corrected chi connectivity index (χ4v) is 4.96. The van der Waals surface area contributed by atoms with Crippen LogP contribution in [0.5, 0.6) is 0 Å². The molecule has 3 atom stereocenters. The van der Waals surface area contributed by atoms with Crippen LogP contribution in [-0.2, 0) is 9.47 Å². The van der Waals surface area contributed by atoms with E-state index in [1.54, 1.807) is 6.07 Å². The van der Waals surface area contributed by atoms with Gasteiger partial charge in [-0.3, -0.25) is 0 Å². The molecule has 1 saturated heterocycles. The Bertz CT molecular complexity index is 613. The van der Waals surface area contributed by atoms with Gasteiger partial charge in [-0.15, -0.1) is 0 Å². The third-order valence-corrected chi connectivity index (χ3v) is 6.99. The van der Waals surface area contributed by atoms with Crippen molar-refractivity contribution in [3.8, 4) is 0 Å². The van der Waals surface area contributed by atoms with E-state index in [1.807, 2.05) is 0 Å². The molecule has 1 aromatic carbocycles. The van der Waals surface area contributed by atoms with E-state index < -0.39 is 11.6 Å². The molecule has 2 aliphatic rings. The van der Waals surface area contributed by atoms with E-state index in [1.165, 1.54) is 57.1 Å². The molecule has 0 amide bonds. The summed E-state index contributed by atoms with van der Waals surface area (Å²) in [5.41, 5.74) is 0.917. The quantitative estimate of drug-likeness (QED) is 0.397. The molecule has 2 nitrogen and oxygen atoms in total. The van der Waals surface area contributed by atoms with E-state index in [0.29, 0.717) is 17.8 Å². The maximum atomic E-state index is 13.5. The molecule has 0 bridgehead atoms. The summed E-state index contributed by atoms with van der Waals surface area (Å²) in [4.78, 5) is 0. The fourth-order valence-electron chi connectivity index (χ4n) is 4.96. The molecule has 1 saturated carbocycles. The Balaban J connectivity index is 1.38. The summed E-state index contributed by atoms with van der Waals surface area (Å²) in [5, 5.41) is 0. The van der Waals surface area contributed by atoms with Gasteiger partial charge in [0.25, 0.3) is 0 Å². The van der Waals surface area contributed by atoms with Gasteiger partial charge in [0, 0.05) is 11.8 Å². The van der Waals surface area contributed by atoms with E-state index in [4.69, 9.17) is 9.47 Å². The zero-order chi connectivity index (χ0) is 20.6. The third-order valence-electron chi connectivity index (χ3n) is 6.99. The second-order valence-electron chi connectivity index (χ2n) is 9.14. The van der Waals surface area contributed by atoms with Crippen molar-refractivity contribution >= 4 is 0 Å². The molecule has 0 unspecified atom stereocenters. The first kappa shape index (κ1) is 22.7. The minimum atomic E-state index is -0.768. The molecular formula is C25H38F2O2. The van der Waals surface area contributed by atoms with Crippen LogP contribution in [0, 0.1) is 23.5 Å². The van der Waals surface area contributed by atoms with Crippen molar-refractivity contribution in [3.63, 3.8) is 0 Å². The molecule has 0 spiro atoms. The van der Waals surface area contributed by atoms with E-state index in [9.17, 15) is 8.78 Å². The summed E-state index contributed by atoms with van der Waals surface area (Å²) in [5.74, 6) is -0.280. The van der Waals surface area contributed by atoms with Gasteiger partial charge in [0.15, 0.2) is 17.9 Å². The minimum Gasteiger partial charge on any atom is -0.352 e. The van der Waals surface area contributed by atoms with Gasteiger partial charge in [-0.05, 0) is 62.6 Å². The lowest BCUT2D eigenvalue weighted by Crippen LogP contribution is -2.42. The van der Waals surface area contributed by atoms with E-state index in [-0.39, 0.29) is 12.4 Å². The Kier molecular flexibility index (Phi) is 8.92. The third kappa shape index (κ3) is 6.49. The van der Waals surface area contributed by atoms with Crippen LogP contribution in [0.25, 0.3) is 0 Å². The maximum absolute atomic E-state index is 13.5. The van der Waals surface area contributed by atoms with Crippen LogP contribution in [0.1, 0.15) is 96.0 Å². The Morgan fingerprint density at radius 2 is 1.66 bits per heavy atom. The SMILES string of the molecule is CCCCCCCC[C@H]1CO[C@H](C2CCC(c3ccc(F)c(F)c3)CC2)O[C@@H]1C. The number of unbranched alkanes of at least 4 members (excludes halogenated alkanes) is 5. The van der Waals surface area contributed by atoms with Crippen molar-refractivity contribution in [2.45, 2.75) is 103 Å². The first-order chi connectivity index (χ1) is 14.1. The lowest BCUT2D eigenvalue weighted by atomic mass is 9.78. The molecule has 29 heavy (non-hydrogen) atoms. The normalized spacial score (nSPS) is 30.4. The van der Waals surface area contributed by atoms with Crippen molar-refractivity contribution in [1.29, 1.82) is 0 Å². The highest BCUT2D eigenvalue weighted by atomic mass is 19.2. The standard InChI is InChI=1S/C25H38F2O2/c1-3-4-5-6-7-8-9-22-17-28-25(29-18(22)2)20-12-10-19(11-13-20)21-14-15-23(26)24(27)16-21/h14-16,18-20,22,25H,3-13,17H2,1-2H3/t18-,19?,20?,22+,25+/m1/s1. The van der Waals surface area contributed by atoms with E-state index >= 15 is 0 Å². The molecule has 1 aliphatic heterocycles. The van der Waals surface area contributed by atoms with Crippen LogP contribution in [0.3, 0.4) is 0 Å². The van der Waals surface area contributed by atoms with Gasteiger partial charge in [-0.2, -0.15) is 0 Å². The molecule has 4 heteroatoms. The Hall–Kier alpha value is -1.00. The van der Waals surface area contributed by atoms with Gasteiger partial charge in [0.05, 0.1) is 12.7 Å². The van der Waals surface area contributed by atoms with Gasteiger partial charge < -0.3 is 9.47 Å². The molecule has 1 heterocycles. The van der Waals surface area contributed by atoms with E-state index in [0.717, 1.165) is 37.9 Å². The number of hydrogen-bond acceptors (Lipinski definition) is 2. The Labute approximate surface area is 175 Å². The highest BCUT2D eigenvalue weighted by molar-refractivity contribution is 5.22. The lowest BCUT2D eigenvalue weighted by molar-refractivity contribution is -0.257. The predicted octanol–water partition coefficient (Wildman–Crippen LogP) is 7.37. The molecule has 0 aromatic heterocycles. The number of rotatable bonds is 9. The van der Waals surface area contributed by atoms with Crippen molar-refractivity contribution in [2.24, 2.45) is 11.8 Å². The maximum Gasteiger partial charge on any atom is 0.160 e. The number of benzene rings is 1. The second kappa shape index (κ2) is 11.4. The molecule has 0 N–H and O–H groups in total. The summed E-state index contributed by atoms with van der Waals surface area (Å²) >= 11 is 0. The molecule has 0 radical (unpaired) electrons. The highest BCUT2D eigenvalue weighted by Gasteiger charge is 2.35. The van der Waals surface area contributed by atoms with Gasteiger partial charge in [0.2, 0.25) is 0 Å². The van der Waals surface area contributed by atoms with Crippen molar-refractivity contribution in [2.75, 3.05) is 6.61 Å². The summed E-state index contributed by atoms with van der Waals surface area (Å²) < 4.78 is 39.1. The van der Waals surface area contributed by atoms with Gasteiger partial charge in [-0.1, -0.05) is 51.5 Å².